The number of hydrogen-bond donors (Lipinski definition) is 3. The number of carbonyl (C=O) groups is 6. The van der Waals surface area contributed by atoms with Gasteiger partial charge in [-0.3, -0.25) is 43.5 Å². The Morgan fingerprint density at radius 3 is 1.05 bits per heavy atom. The first-order valence-electron chi connectivity index (χ1n) is 23.7. The van der Waals surface area contributed by atoms with E-state index in [9.17, 15) is 39.0 Å². The second-order valence-corrected chi connectivity index (χ2v) is 22.7. The van der Waals surface area contributed by atoms with Gasteiger partial charge >= 0.3 is 17.9 Å². The molecule has 0 spiro atoms. The second-order valence-electron chi connectivity index (χ2n) is 17.6. The lowest BCUT2D eigenvalue weighted by molar-refractivity contribution is -0.140. The molecular formula is C59H42N4O9S6. The van der Waals surface area contributed by atoms with Crippen LogP contribution in [0.3, 0.4) is 0 Å². The molecule has 388 valence electrons. The van der Waals surface area contributed by atoms with E-state index in [0.29, 0.717) is 25.8 Å². The molecule has 3 amide bonds. The van der Waals surface area contributed by atoms with E-state index >= 15 is 0 Å². The Hall–Kier alpha value is -8.04. The molecule has 3 fully saturated rings. The number of hydrogen-bond acceptors (Lipinski definition) is 13. The highest BCUT2D eigenvalue weighted by molar-refractivity contribution is 8.27. The molecule has 19 heteroatoms. The van der Waals surface area contributed by atoms with Crippen LogP contribution < -0.4 is 4.90 Å². The maximum Gasteiger partial charge on any atom is 0.323 e. The molecule has 0 bridgehead atoms. The predicted molar refractivity (Wildman–Crippen MR) is 324 cm³/mol. The zero-order valence-electron chi connectivity index (χ0n) is 41.0. The fourth-order valence-electron chi connectivity index (χ4n) is 8.28. The molecule has 0 aliphatic carbocycles. The average Bonchev–Trinajstić information content (AvgIpc) is 3.96. The molecule has 0 atom stereocenters. The van der Waals surface area contributed by atoms with Crippen molar-refractivity contribution in [3.8, 4) is 0 Å². The number of aliphatic carboxylic acids is 3. The maximum atomic E-state index is 13.0. The van der Waals surface area contributed by atoms with Gasteiger partial charge in [-0.2, -0.15) is 0 Å². The Labute approximate surface area is 476 Å². The molecule has 6 aromatic carbocycles. The number of thiocarbonyl (C=S) groups is 3. The van der Waals surface area contributed by atoms with Crippen LogP contribution in [-0.4, -0.2) is 98.2 Å². The van der Waals surface area contributed by atoms with Gasteiger partial charge in [0.15, 0.2) is 0 Å². The SMILES string of the molecule is Cc1ccc(N(c2ccc(C=Cc3ccc(C=C4SC(=S)N(CC(=O)O)C4=O)cc3)cc2)c2ccc(C=C(c3ccc(C=C4SC(=S)N(CC(=O)O)C4=O)cc3)c3ccc(C=C4SC(=S)N(CC(=O)O)C4=O)cc3)cc2)cc1. The zero-order valence-corrected chi connectivity index (χ0v) is 45.9. The molecule has 9 rings (SSSR count). The Bertz CT molecular complexity index is 3500. The summed E-state index contributed by atoms with van der Waals surface area (Å²) in [4.78, 5) is 79.2. The zero-order chi connectivity index (χ0) is 55.2. The van der Waals surface area contributed by atoms with E-state index in [1.165, 1.54) is 0 Å². The Balaban J connectivity index is 0.978. The molecule has 0 radical (unpaired) electrons. The number of carboxylic acid groups (broad SMARTS) is 3. The van der Waals surface area contributed by atoms with Crippen molar-refractivity contribution < 1.29 is 44.1 Å². The van der Waals surface area contributed by atoms with Crippen LogP contribution in [0.5, 0.6) is 0 Å². The van der Waals surface area contributed by atoms with Crippen LogP contribution >= 0.6 is 71.9 Å². The van der Waals surface area contributed by atoms with Crippen LogP contribution in [0.15, 0.2) is 160 Å². The second kappa shape index (κ2) is 24.1. The number of carboxylic acids is 3. The lowest BCUT2D eigenvalue weighted by Gasteiger charge is -2.26. The number of rotatable bonds is 17. The van der Waals surface area contributed by atoms with E-state index < -0.39 is 55.3 Å². The standard InChI is InChI=1S/C59H42N4O9S6/c1-35-2-22-44(23-3-35)63(45-24-14-37(15-25-45)5-4-36-6-8-39(9-7-36)29-48-54(70)60(32-51(64)65)57(73)76-48)46-26-16-38(17-27-46)28-47(42-18-10-40(11-19-42)30-49-55(71)61(33-52(66)67)58(74)77-49)43-20-12-41(13-21-43)31-50-56(72)62(34-53(68)69)59(75)78-50/h2-31H,32-34H2,1H3,(H,64,65)(H,66,67)(H,68,69). The summed E-state index contributed by atoms with van der Waals surface area (Å²) >= 11 is 19.0. The first kappa shape index (κ1) is 54.7. The summed E-state index contributed by atoms with van der Waals surface area (Å²) in [5.74, 6) is -4.81. The van der Waals surface area contributed by atoms with Crippen molar-refractivity contribution in [1.29, 1.82) is 0 Å². The summed E-state index contributed by atoms with van der Waals surface area (Å²) in [7, 11) is 0. The minimum Gasteiger partial charge on any atom is -0.480 e. The molecule has 3 aliphatic heterocycles. The summed E-state index contributed by atoms with van der Waals surface area (Å²) in [6.45, 7) is 0.534. The predicted octanol–water partition coefficient (Wildman–Crippen LogP) is 12.1. The quantitative estimate of drug-likeness (QED) is 0.0446. The summed E-state index contributed by atoms with van der Waals surface area (Å²) in [5, 5.41) is 27.7. The van der Waals surface area contributed by atoms with Crippen molar-refractivity contribution in [3.63, 3.8) is 0 Å². The van der Waals surface area contributed by atoms with E-state index in [4.69, 9.17) is 41.8 Å². The van der Waals surface area contributed by atoms with Gasteiger partial charge in [0, 0.05) is 17.1 Å². The molecule has 13 nitrogen and oxygen atoms in total. The fraction of sp³-hybridized carbons (Fsp3) is 0.0678. The van der Waals surface area contributed by atoms with Crippen LogP contribution in [0.4, 0.5) is 17.1 Å². The molecule has 3 aliphatic rings. The van der Waals surface area contributed by atoms with E-state index in [1.807, 2.05) is 116 Å². The summed E-state index contributed by atoms with van der Waals surface area (Å²) in [6, 6.07) is 47.7. The molecule has 3 N–H and O–H groups in total. The molecule has 3 saturated heterocycles. The lowest BCUT2D eigenvalue weighted by Crippen LogP contribution is -2.33. The van der Waals surface area contributed by atoms with Gasteiger partial charge in [-0.15, -0.1) is 0 Å². The van der Waals surface area contributed by atoms with E-state index in [-0.39, 0.29) is 13.0 Å². The number of anilines is 3. The van der Waals surface area contributed by atoms with E-state index in [0.717, 1.165) is 112 Å². The van der Waals surface area contributed by atoms with Crippen LogP contribution in [0.2, 0.25) is 0 Å². The van der Waals surface area contributed by atoms with Crippen LogP contribution in [-0.2, 0) is 28.8 Å². The Kier molecular flexibility index (Phi) is 16.9. The minimum atomic E-state index is -1.16. The first-order chi connectivity index (χ1) is 37.5. The van der Waals surface area contributed by atoms with Gasteiger partial charge in [0.2, 0.25) is 0 Å². The number of thioether (sulfide) groups is 3. The van der Waals surface area contributed by atoms with Crippen LogP contribution in [0.25, 0.3) is 42.0 Å². The first-order valence-corrected chi connectivity index (χ1v) is 27.3. The van der Waals surface area contributed by atoms with Gasteiger partial charge in [0.1, 0.15) is 32.6 Å². The van der Waals surface area contributed by atoms with E-state index in [1.54, 1.807) is 18.2 Å². The third-order valence-corrected chi connectivity index (χ3v) is 16.3. The van der Waals surface area contributed by atoms with Crippen molar-refractivity contribution in [2.75, 3.05) is 24.5 Å². The van der Waals surface area contributed by atoms with Crippen LogP contribution in [0, 0.1) is 6.92 Å². The van der Waals surface area contributed by atoms with Crippen LogP contribution in [0.1, 0.15) is 50.1 Å². The molecule has 0 saturated carbocycles. The van der Waals surface area contributed by atoms with E-state index in [2.05, 4.69) is 59.5 Å². The van der Waals surface area contributed by atoms with Crippen molar-refractivity contribution in [2.45, 2.75) is 6.92 Å². The maximum absolute atomic E-state index is 13.0. The van der Waals surface area contributed by atoms with Gasteiger partial charge in [-0.05, 0) is 118 Å². The minimum absolute atomic E-state index is 0.179. The molecule has 3 heterocycles. The summed E-state index contributed by atoms with van der Waals surface area (Å²) in [6.07, 6.45) is 11.2. The van der Waals surface area contributed by atoms with Gasteiger partial charge in [-0.1, -0.05) is 199 Å². The van der Waals surface area contributed by atoms with Crippen molar-refractivity contribution in [1.82, 2.24) is 14.7 Å². The highest BCUT2D eigenvalue weighted by Gasteiger charge is 2.35. The van der Waals surface area contributed by atoms with Gasteiger partial charge in [0.05, 0.1) is 14.7 Å². The number of nitrogens with zero attached hydrogens (tertiary/aromatic N) is 4. The molecule has 0 aromatic heterocycles. The largest absolute Gasteiger partial charge is 0.480 e. The molecule has 0 unspecified atom stereocenters. The number of carbonyl (C=O) groups excluding carboxylic acids is 3. The van der Waals surface area contributed by atoms with Gasteiger partial charge < -0.3 is 20.2 Å². The topological polar surface area (TPSA) is 176 Å². The van der Waals surface area contributed by atoms with Crippen molar-refractivity contribution in [2.24, 2.45) is 0 Å². The third-order valence-electron chi connectivity index (χ3n) is 12.1. The summed E-state index contributed by atoms with van der Waals surface area (Å²) < 4.78 is 0.576. The molecular weight excluding hydrogens is 1100 g/mol. The molecule has 6 aromatic rings. The average molecular weight is 1140 g/mol. The number of benzene rings is 6. The normalized spacial score (nSPS) is 16.2. The number of amides is 3. The fourth-order valence-corrected chi connectivity index (χ4v) is 12.0. The lowest BCUT2D eigenvalue weighted by atomic mass is 9.94. The smallest absolute Gasteiger partial charge is 0.323 e. The Morgan fingerprint density at radius 1 is 0.436 bits per heavy atom. The molecule has 78 heavy (non-hydrogen) atoms. The Morgan fingerprint density at radius 2 is 0.718 bits per heavy atom. The highest BCUT2D eigenvalue weighted by Crippen LogP contribution is 2.38. The van der Waals surface area contributed by atoms with Crippen molar-refractivity contribution >= 4 is 180 Å². The summed E-state index contributed by atoms with van der Waals surface area (Å²) in [5.41, 5.74) is 11.6. The monoisotopic (exact) mass is 1140 g/mol. The number of aryl methyl sites for hydroxylation is 1. The van der Waals surface area contributed by atoms with Gasteiger partial charge in [0.25, 0.3) is 17.7 Å². The van der Waals surface area contributed by atoms with Gasteiger partial charge in [-0.25, -0.2) is 0 Å². The third kappa shape index (κ3) is 13.0. The highest BCUT2D eigenvalue weighted by atomic mass is 32.2. The van der Waals surface area contributed by atoms with Crippen molar-refractivity contribution in [3.05, 3.63) is 210 Å².